The highest BCUT2D eigenvalue weighted by Crippen LogP contribution is 2.40. The molecule has 21 heavy (non-hydrogen) atoms. The molecule has 3 heteroatoms. The first-order valence-electron chi connectivity index (χ1n) is 8.05. The van der Waals surface area contributed by atoms with E-state index in [0.717, 1.165) is 36.4 Å². The summed E-state index contributed by atoms with van der Waals surface area (Å²) in [7, 11) is 0. The molecule has 0 aromatic carbocycles. The molecule has 1 aromatic rings. The lowest BCUT2D eigenvalue weighted by molar-refractivity contribution is -0.126. The van der Waals surface area contributed by atoms with Crippen LogP contribution in [0.3, 0.4) is 0 Å². The van der Waals surface area contributed by atoms with Gasteiger partial charge in [0.25, 0.3) is 0 Å². The number of carbonyl (C=O) groups is 1. The van der Waals surface area contributed by atoms with Crippen LogP contribution in [0.1, 0.15) is 71.5 Å². The normalized spacial score (nSPS) is 24.4. The van der Waals surface area contributed by atoms with Crippen molar-refractivity contribution in [1.82, 2.24) is 4.98 Å². The zero-order valence-corrected chi connectivity index (χ0v) is 15.1. The van der Waals surface area contributed by atoms with Crippen molar-refractivity contribution < 1.29 is 4.79 Å². The van der Waals surface area contributed by atoms with E-state index >= 15 is 0 Å². The predicted molar refractivity (Wildman–Crippen MR) is 89.8 cm³/mol. The van der Waals surface area contributed by atoms with Crippen LogP contribution in [0.25, 0.3) is 0 Å². The lowest BCUT2D eigenvalue weighted by atomic mass is 9.68. The van der Waals surface area contributed by atoms with Crippen LogP contribution in [0.5, 0.6) is 0 Å². The van der Waals surface area contributed by atoms with Crippen LogP contribution in [0, 0.1) is 17.3 Å². The minimum atomic E-state index is 0.0965. The number of carbonyl (C=O) groups excluding carboxylic acids is 1. The van der Waals surface area contributed by atoms with Gasteiger partial charge in [-0.2, -0.15) is 0 Å². The van der Waals surface area contributed by atoms with Crippen molar-refractivity contribution in [2.45, 2.75) is 72.6 Å². The molecule has 1 aromatic heterocycles. The average molecular weight is 308 g/mol. The first-order chi connectivity index (χ1) is 9.57. The fourth-order valence-electron chi connectivity index (χ4n) is 3.06. The van der Waals surface area contributed by atoms with Gasteiger partial charge in [-0.15, -0.1) is 11.3 Å². The highest BCUT2D eigenvalue weighted by Gasteiger charge is 2.35. The van der Waals surface area contributed by atoms with Gasteiger partial charge in [0.05, 0.1) is 10.7 Å². The fraction of sp³-hybridized carbons (Fsp3) is 0.778. The highest BCUT2D eigenvalue weighted by atomic mass is 32.1. The number of hydrogen-bond donors (Lipinski definition) is 0. The molecule has 2 nitrogen and oxygen atoms in total. The van der Waals surface area contributed by atoms with Gasteiger partial charge >= 0.3 is 0 Å². The first-order valence-corrected chi connectivity index (χ1v) is 8.93. The summed E-state index contributed by atoms with van der Waals surface area (Å²) in [6.07, 6.45) is 3.69. The van der Waals surface area contributed by atoms with Gasteiger partial charge in [-0.3, -0.25) is 4.79 Å². The quantitative estimate of drug-likeness (QED) is 0.768. The lowest BCUT2D eigenvalue weighted by Crippen LogP contribution is -2.33. The van der Waals surface area contributed by atoms with Crippen molar-refractivity contribution in [2.24, 2.45) is 17.3 Å². The van der Waals surface area contributed by atoms with Crippen LogP contribution in [0.2, 0.25) is 0 Å². The van der Waals surface area contributed by atoms with Gasteiger partial charge in [0.15, 0.2) is 0 Å². The van der Waals surface area contributed by atoms with E-state index in [-0.39, 0.29) is 11.3 Å². The molecule has 0 radical (unpaired) electrons. The standard InChI is InChI=1S/C18H29NOS/c1-17(2,3)13-7-8-14(20)12(9-13)10-16-19-15(11-21-16)18(4,5)6/h11-13H,7-10H2,1-6H3. The monoisotopic (exact) mass is 307 g/mol. The molecule has 0 aliphatic heterocycles. The minimum Gasteiger partial charge on any atom is -0.299 e. The Morgan fingerprint density at radius 3 is 2.43 bits per heavy atom. The second-order valence-electron chi connectivity index (χ2n) is 8.58. The summed E-state index contributed by atoms with van der Waals surface area (Å²) in [6, 6.07) is 0. The number of aromatic nitrogens is 1. The van der Waals surface area contributed by atoms with Crippen molar-refractivity contribution >= 4 is 17.1 Å². The molecule has 1 fully saturated rings. The molecule has 1 saturated carbocycles. The zero-order valence-electron chi connectivity index (χ0n) is 14.3. The van der Waals surface area contributed by atoms with E-state index in [1.807, 2.05) is 0 Å². The second-order valence-corrected chi connectivity index (χ2v) is 9.52. The maximum Gasteiger partial charge on any atom is 0.136 e. The molecule has 1 aliphatic rings. The van der Waals surface area contributed by atoms with Gasteiger partial charge in [0, 0.05) is 29.6 Å². The largest absolute Gasteiger partial charge is 0.299 e. The van der Waals surface area contributed by atoms with E-state index in [2.05, 4.69) is 46.9 Å². The van der Waals surface area contributed by atoms with Crippen molar-refractivity contribution in [3.05, 3.63) is 16.1 Å². The van der Waals surface area contributed by atoms with Crippen LogP contribution in [0.4, 0.5) is 0 Å². The molecule has 118 valence electrons. The summed E-state index contributed by atoms with van der Waals surface area (Å²) >= 11 is 1.72. The van der Waals surface area contributed by atoms with Crippen LogP contribution >= 0.6 is 11.3 Å². The molecule has 0 spiro atoms. The van der Waals surface area contributed by atoms with Crippen LogP contribution in [-0.2, 0) is 16.6 Å². The molecule has 2 rings (SSSR count). The predicted octanol–water partition coefficient (Wildman–Crippen LogP) is 5.01. The topological polar surface area (TPSA) is 30.0 Å². The SMILES string of the molecule is CC(C)(C)c1csc(CC2CC(C(C)(C)C)CCC2=O)n1. The third-order valence-electron chi connectivity index (χ3n) is 4.73. The fourth-order valence-corrected chi connectivity index (χ4v) is 4.16. The second kappa shape index (κ2) is 5.83. The van der Waals surface area contributed by atoms with Gasteiger partial charge in [0.1, 0.15) is 5.78 Å². The number of nitrogens with zero attached hydrogens (tertiary/aromatic N) is 1. The van der Waals surface area contributed by atoms with Gasteiger partial charge < -0.3 is 0 Å². The number of rotatable bonds is 2. The van der Waals surface area contributed by atoms with Crippen molar-refractivity contribution in [3.8, 4) is 0 Å². The Balaban J connectivity index is 2.07. The summed E-state index contributed by atoms with van der Waals surface area (Å²) in [5.74, 6) is 1.28. The Kier molecular flexibility index (Phi) is 4.63. The Morgan fingerprint density at radius 2 is 1.90 bits per heavy atom. The maximum atomic E-state index is 12.3. The summed E-state index contributed by atoms with van der Waals surface area (Å²) < 4.78 is 0. The number of Topliss-reactive ketones (excluding diaryl/α,β-unsaturated/α-hetero) is 1. The molecule has 0 bridgehead atoms. The average Bonchev–Trinajstić information content (AvgIpc) is 2.79. The third kappa shape index (κ3) is 4.15. The van der Waals surface area contributed by atoms with Crippen LogP contribution in [-0.4, -0.2) is 10.8 Å². The van der Waals surface area contributed by atoms with Crippen molar-refractivity contribution in [3.63, 3.8) is 0 Å². The van der Waals surface area contributed by atoms with E-state index in [1.165, 1.54) is 0 Å². The molecule has 0 N–H and O–H groups in total. The molecule has 0 saturated heterocycles. The van der Waals surface area contributed by atoms with E-state index in [4.69, 9.17) is 4.98 Å². The molecule has 0 amide bonds. The Labute approximate surface area is 133 Å². The van der Waals surface area contributed by atoms with Gasteiger partial charge in [-0.1, -0.05) is 41.5 Å². The van der Waals surface area contributed by atoms with Gasteiger partial charge in [-0.25, -0.2) is 4.98 Å². The third-order valence-corrected chi connectivity index (χ3v) is 5.60. The minimum absolute atomic E-state index is 0.0965. The van der Waals surface area contributed by atoms with Crippen molar-refractivity contribution in [1.29, 1.82) is 0 Å². The van der Waals surface area contributed by atoms with Gasteiger partial charge in [0.2, 0.25) is 0 Å². The summed E-state index contributed by atoms with van der Waals surface area (Å²) in [6.45, 7) is 13.5. The molecule has 1 heterocycles. The molecule has 1 aliphatic carbocycles. The van der Waals surface area contributed by atoms with E-state index < -0.39 is 0 Å². The summed E-state index contributed by atoms with van der Waals surface area (Å²) in [4.78, 5) is 17.0. The number of hydrogen-bond acceptors (Lipinski definition) is 3. The van der Waals surface area contributed by atoms with E-state index in [1.54, 1.807) is 11.3 Å². The molecular weight excluding hydrogens is 278 g/mol. The number of ketones is 1. The molecule has 2 atom stereocenters. The first kappa shape index (κ1) is 16.7. The Bertz CT molecular complexity index is 504. The van der Waals surface area contributed by atoms with Crippen LogP contribution < -0.4 is 0 Å². The molecular formula is C18H29NOS. The highest BCUT2D eigenvalue weighted by molar-refractivity contribution is 7.09. The summed E-state index contributed by atoms with van der Waals surface area (Å²) in [5.41, 5.74) is 1.55. The zero-order chi connectivity index (χ0) is 15.8. The van der Waals surface area contributed by atoms with Crippen LogP contribution in [0.15, 0.2) is 5.38 Å². The van der Waals surface area contributed by atoms with Crippen molar-refractivity contribution in [2.75, 3.05) is 0 Å². The summed E-state index contributed by atoms with van der Waals surface area (Å²) in [5, 5.41) is 3.29. The van der Waals surface area contributed by atoms with E-state index in [0.29, 0.717) is 17.1 Å². The smallest absolute Gasteiger partial charge is 0.136 e. The molecule has 2 unspecified atom stereocenters. The Morgan fingerprint density at radius 1 is 1.24 bits per heavy atom. The maximum absolute atomic E-state index is 12.3. The lowest BCUT2D eigenvalue weighted by Gasteiger charge is -2.36. The Hall–Kier alpha value is -0.700. The number of thiazole rings is 1. The van der Waals surface area contributed by atoms with Gasteiger partial charge in [-0.05, 0) is 24.2 Å². The van der Waals surface area contributed by atoms with E-state index in [9.17, 15) is 4.79 Å².